The lowest BCUT2D eigenvalue weighted by Crippen LogP contribution is -2.15. The molecular weight excluding hydrogens is 278 g/mol. The van der Waals surface area contributed by atoms with E-state index >= 15 is 0 Å². The summed E-state index contributed by atoms with van der Waals surface area (Å²) in [5.74, 6) is 2.30. The van der Waals surface area contributed by atoms with Crippen LogP contribution in [0.2, 0.25) is 0 Å². The Labute approximate surface area is 120 Å². The van der Waals surface area contributed by atoms with Crippen LogP contribution < -0.4 is 19.9 Å². The third-order valence-electron chi connectivity index (χ3n) is 2.73. The maximum atomic E-state index is 5.76. The number of ether oxygens (including phenoxy) is 3. The minimum atomic E-state index is 0.322. The molecule has 1 aliphatic heterocycles. The van der Waals surface area contributed by atoms with Gasteiger partial charge in [0.25, 0.3) is 0 Å². The Morgan fingerprint density at radius 3 is 2.80 bits per heavy atom. The molecule has 1 aromatic heterocycles. The second-order valence-corrected chi connectivity index (χ2v) is 5.07. The molecule has 0 fully saturated rings. The van der Waals surface area contributed by atoms with Crippen molar-refractivity contribution in [2.24, 2.45) is 0 Å². The number of aromatic nitrogens is 2. The summed E-state index contributed by atoms with van der Waals surface area (Å²) in [5.41, 5.74) is 5.76. The molecule has 2 aromatic rings. The molecule has 104 valence electrons. The molecule has 1 aromatic carbocycles. The molecule has 2 heterocycles. The van der Waals surface area contributed by atoms with E-state index in [4.69, 9.17) is 19.9 Å². The van der Waals surface area contributed by atoms with Gasteiger partial charge in [0.15, 0.2) is 23.1 Å². The lowest BCUT2D eigenvalue weighted by molar-refractivity contribution is 0.171. The minimum Gasteiger partial charge on any atom is -0.490 e. The number of nitrogens with two attached hydrogens (primary N) is 1. The average Bonchev–Trinajstić information content (AvgIpc) is 2.47. The van der Waals surface area contributed by atoms with Crippen molar-refractivity contribution < 1.29 is 14.2 Å². The van der Waals surface area contributed by atoms with Gasteiger partial charge in [-0.25, -0.2) is 9.97 Å². The molecule has 0 bridgehead atoms. The molecule has 0 spiro atoms. The smallest absolute Gasteiger partial charge is 0.193 e. The van der Waals surface area contributed by atoms with Crippen LogP contribution in [-0.4, -0.2) is 30.3 Å². The van der Waals surface area contributed by atoms with Crippen LogP contribution >= 0.6 is 11.8 Å². The minimum absolute atomic E-state index is 0.322. The number of methoxy groups -OCH3 is 1. The number of rotatable bonds is 3. The Hall–Kier alpha value is -2.15. The molecule has 6 nitrogen and oxygen atoms in total. The Balaban J connectivity index is 1.90. The van der Waals surface area contributed by atoms with E-state index in [0.717, 1.165) is 16.4 Å². The summed E-state index contributed by atoms with van der Waals surface area (Å²) in [6.07, 6.45) is 1.41. The standard InChI is InChI=1S/C13H13N3O3S/c1-17-11-12(14)15-7-16-13(11)20-8-2-3-9-10(6-8)19-5-4-18-9/h2-3,6-7H,4-5H2,1H3,(H2,14,15,16). The Morgan fingerprint density at radius 2 is 2.00 bits per heavy atom. The van der Waals surface area contributed by atoms with Gasteiger partial charge in [-0.05, 0) is 18.2 Å². The highest BCUT2D eigenvalue weighted by Crippen LogP contribution is 2.39. The van der Waals surface area contributed by atoms with E-state index in [1.807, 2.05) is 18.2 Å². The highest BCUT2D eigenvalue weighted by molar-refractivity contribution is 7.99. The van der Waals surface area contributed by atoms with Gasteiger partial charge in [-0.15, -0.1) is 0 Å². The van der Waals surface area contributed by atoms with E-state index in [2.05, 4.69) is 9.97 Å². The summed E-state index contributed by atoms with van der Waals surface area (Å²) < 4.78 is 16.3. The first kappa shape index (κ1) is 12.9. The molecule has 20 heavy (non-hydrogen) atoms. The van der Waals surface area contributed by atoms with Crippen molar-refractivity contribution in [3.63, 3.8) is 0 Å². The highest BCUT2D eigenvalue weighted by atomic mass is 32.2. The molecule has 3 rings (SSSR count). The van der Waals surface area contributed by atoms with Gasteiger partial charge in [-0.3, -0.25) is 0 Å². The number of hydrogen-bond acceptors (Lipinski definition) is 7. The zero-order chi connectivity index (χ0) is 13.9. The molecule has 0 aliphatic carbocycles. The van der Waals surface area contributed by atoms with Gasteiger partial charge in [0.05, 0.1) is 7.11 Å². The van der Waals surface area contributed by atoms with Crippen LogP contribution in [-0.2, 0) is 0 Å². The van der Waals surface area contributed by atoms with E-state index in [1.54, 1.807) is 7.11 Å². The summed E-state index contributed by atoms with van der Waals surface area (Å²) in [6, 6.07) is 5.74. The molecule has 1 aliphatic rings. The number of anilines is 1. The monoisotopic (exact) mass is 291 g/mol. The molecule has 0 atom stereocenters. The van der Waals surface area contributed by atoms with E-state index < -0.39 is 0 Å². The fraction of sp³-hybridized carbons (Fsp3) is 0.231. The predicted octanol–water partition coefficient (Wildman–Crippen LogP) is 1.99. The number of nitrogens with zero attached hydrogens (tertiary/aromatic N) is 2. The Morgan fingerprint density at radius 1 is 1.20 bits per heavy atom. The SMILES string of the molecule is COc1c(N)ncnc1Sc1ccc2c(c1)OCCO2. The van der Waals surface area contributed by atoms with E-state index in [-0.39, 0.29) is 0 Å². The predicted molar refractivity (Wildman–Crippen MR) is 74.6 cm³/mol. The lowest BCUT2D eigenvalue weighted by Gasteiger charge is -2.18. The van der Waals surface area contributed by atoms with Gasteiger partial charge in [-0.1, -0.05) is 11.8 Å². The zero-order valence-corrected chi connectivity index (χ0v) is 11.6. The molecule has 0 unspecified atom stereocenters. The topological polar surface area (TPSA) is 79.5 Å². The average molecular weight is 291 g/mol. The van der Waals surface area contributed by atoms with Crippen molar-refractivity contribution in [3.05, 3.63) is 24.5 Å². The fourth-order valence-electron chi connectivity index (χ4n) is 1.83. The van der Waals surface area contributed by atoms with E-state index in [1.165, 1.54) is 18.1 Å². The van der Waals surface area contributed by atoms with Crippen LogP contribution in [0.5, 0.6) is 17.2 Å². The summed E-state index contributed by atoms with van der Waals surface area (Å²) in [5, 5.41) is 0.664. The molecule has 0 saturated heterocycles. The summed E-state index contributed by atoms with van der Waals surface area (Å²) in [6.45, 7) is 1.14. The number of nitrogen functional groups attached to an aromatic ring is 1. The third kappa shape index (κ3) is 2.44. The molecule has 0 radical (unpaired) electrons. The molecule has 7 heteroatoms. The first-order chi connectivity index (χ1) is 9.78. The van der Waals surface area contributed by atoms with Crippen LogP contribution in [0.3, 0.4) is 0 Å². The maximum Gasteiger partial charge on any atom is 0.193 e. The van der Waals surface area contributed by atoms with Crippen LogP contribution in [0.1, 0.15) is 0 Å². The van der Waals surface area contributed by atoms with Gasteiger partial charge < -0.3 is 19.9 Å². The quantitative estimate of drug-likeness (QED) is 0.866. The van der Waals surface area contributed by atoms with Crippen LogP contribution in [0.15, 0.2) is 34.4 Å². The zero-order valence-electron chi connectivity index (χ0n) is 10.8. The van der Waals surface area contributed by atoms with E-state index in [0.29, 0.717) is 29.8 Å². The molecular formula is C13H13N3O3S. The highest BCUT2D eigenvalue weighted by Gasteiger charge is 2.15. The van der Waals surface area contributed by atoms with Crippen LogP contribution in [0.25, 0.3) is 0 Å². The summed E-state index contributed by atoms with van der Waals surface area (Å²) in [4.78, 5) is 9.06. The van der Waals surface area contributed by atoms with Gasteiger partial charge >= 0.3 is 0 Å². The summed E-state index contributed by atoms with van der Waals surface area (Å²) >= 11 is 1.43. The van der Waals surface area contributed by atoms with E-state index in [9.17, 15) is 0 Å². The van der Waals surface area contributed by atoms with Crippen molar-refractivity contribution in [2.45, 2.75) is 9.92 Å². The Bertz CT molecular complexity index is 636. The Kier molecular flexibility index (Phi) is 3.51. The second-order valence-electron chi connectivity index (χ2n) is 4.00. The van der Waals surface area contributed by atoms with Crippen LogP contribution in [0, 0.1) is 0 Å². The lowest BCUT2D eigenvalue weighted by atomic mass is 10.3. The molecule has 2 N–H and O–H groups in total. The van der Waals surface area contributed by atoms with Crippen molar-refractivity contribution >= 4 is 17.6 Å². The normalized spacial score (nSPS) is 13.1. The van der Waals surface area contributed by atoms with Crippen molar-refractivity contribution in [1.82, 2.24) is 9.97 Å². The first-order valence-corrected chi connectivity index (χ1v) is 6.81. The third-order valence-corrected chi connectivity index (χ3v) is 3.70. The first-order valence-electron chi connectivity index (χ1n) is 6.00. The fourth-order valence-corrected chi connectivity index (χ4v) is 2.74. The van der Waals surface area contributed by atoms with Crippen molar-refractivity contribution in [1.29, 1.82) is 0 Å². The second kappa shape index (κ2) is 5.46. The number of benzene rings is 1. The van der Waals surface area contributed by atoms with Gasteiger partial charge in [0, 0.05) is 4.90 Å². The van der Waals surface area contributed by atoms with Crippen molar-refractivity contribution in [2.75, 3.05) is 26.1 Å². The maximum absolute atomic E-state index is 5.76. The van der Waals surface area contributed by atoms with Crippen molar-refractivity contribution in [3.8, 4) is 17.2 Å². The molecule has 0 amide bonds. The molecule has 0 saturated carbocycles. The van der Waals surface area contributed by atoms with Gasteiger partial charge in [0.2, 0.25) is 0 Å². The van der Waals surface area contributed by atoms with Gasteiger partial charge in [0.1, 0.15) is 24.6 Å². The summed E-state index contributed by atoms with van der Waals surface area (Å²) in [7, 11) is 1.54. The number of fused-ring (bicyclic) bond motifs is 1. The van der Waals surface area contributed by atoms with Crippen LogP contribution in [0.4, 0.5) is 5.82 Å². The number of hydrogen-bond donors (Lipinski definition) is 1. The van der Waals surface area contributed by atoms with Gasteiger partial charge in [-0.2, -0.15) is 0 Å². The largest absolute Gasteiger partial charge is 0.490 e.